The number of hydrogen-bond donors (Lipinski definition) is 2. The number of morpholine rings is 1. The molecule has 0 aliphatic carbocycles. The number of hydrogen-bond acceptors (Lipinski definition) is 5. The van der Waals surface area contributed by atoms with Crippen LogP contribution in [-0.4, -0.2) is 63.5 Å². The van der Waals surface area contributed by atoms with Gasteiger partial charge in [0, 0.05) is 38.2 Å². The Labute approximate surface area is 140 Å². The summed E-state index contributed by atoms with van der Waals surface area (Å²) >= 11 is 0. The Bertz CT molecular complexity index is 630. The average Bonchev–Trinajstić information content (AvgIpc) is 3.00. The number of carbonyl (C=O) groups excluding carboxylic acids is 1. The molecule has 3 saturated heterocycles. The highest BCUT2D eigenvalue weighted by Crippen LogP contribution is 2.29. The number of ether oxygens (including phenoxy) is 2. The van der Waals surface area contributed by atoms with Gasteiger partial charge in [0.1, 0.15) is 5.82 Å². The van der Waals surface area contributed by atoms with E-state index in [0.717, 1.165) is 19.5 Å². The fourth-order valence-electron chi connectivity index (χ4n) is 3.56. The van der Waals surface area contributed by atoms with Crippen LogP contribution in [0.4, 0.5) is 10.1 Å². The number of rotatable bonds is 3. The van der Waals surface area contributed by atoms with Crippen LogP contribution >= 0.6 is 0 Å². The molecule has 130 valence electrons. The predicted molar refractivity (Wildman–Crippen MR) is 86.9 cm³/mol. The predicted octanol–water partition coefficient (Wildman–Crippen LogP) is 0.523. The molecule has 1 unspecified atom stereocenters. The third kappa shape index (κ3) is 2.99. The zero-order valence-electron chi connectivity index (χ0n) is 13.5. The van der Waals surface area contributed by atoms with E-state index in [1.165, 1.54) is 6.07 Å². The average molecular weight is 335 g/mol. The largest absolute Gasteiger partial charge is 0.378 e. The summed E-state index contributed by atoms with van der Waals surface area (Å²) in [7, 11) is 0. The van der Waals surface area contributed by atoms with Crippen molar-refractivity contribution in [2.45, 2.75) is 18.1 Å². The van der Waals surface area contributed by atoms with E-state index in [-0.39, 0.29) is 23.4 Å². The molecule has 3 aliphatic rings. The molecule has 3 fully saturated rings. The van der Waals surface area contributed by atoms with Crippen molar-refractivity contribution in [2.24, 2.45) is 0 Å². The van der Waals surface area contributed by atoms with Crippen molar-refractivity contribution in [3.05, 3.63) is 29.6 Å². The fraction of sp³-hybridized carbons (Fsp3) is 0.588. The van der Waals surface area contributed by atoms with Gasteiger partial charge in [0.25, 0.3) is 5.91 Å². The first kappa shape index (κ1) is 15.8. The van der Waals surface area contributed by atoms with Gasteiger partial charge in [0.2, 0.25) is 0 Å². The van der Waals surface area contributed by atoms with Crippen LogP contribution in [0, 0.1) is 5.82 Å². The molecular weight excluding hydrogens is 313 g/mol. The third-order valence-electron chi connectivity index (χ3n) is 5.00. The van der Waals surface area contributed by atoms with E-state index < -0.39 is 0 Å². The van der Waals surface area contributed by atoms with Gasteiger partial charge in [-0.3, -0.25) is 4.79 Å². The minimum absolute atomic E-state index is 0.0124. The lowest BCUT2D eigenvalue weighted by molar-refractivity contribution is -0.0360. The van der Waals surface area contributed by atoms with Gasteiger partial charge in [0.05, 0.1) is 37.2 Å². The van der Waals surface area contributed by atoms with Crippen LogP contribution in [0.5, 0.6) is 0 Å². The van der Waals surface area contributed by atoms with Gasteiger partial charge in [-0.25, -0.2) is 4.39 Å². The normalized spacial score (nSPS) is 25.5. The van der Waals surface area contributed by atoms with Crippen molar-refractivity contribution in [1.29, 1.82) is 0 Å². The number of halogens is 1. The molecule has 4 rings (SSSR count). The third-order valence-corrected chi connectivity index (χ3v) is 5.00. The van der Waals surface area contributed by atoms with Gasteiger partial charge in [0.15, 0.2) is 0 Å². The first-order valence-corrected chi connectivity index (χ1v) is 8.43. The maximum absolute atomic E-state index is 14.4. The van der Waals surface area contributed by atoms with Gasteiger partial charge in [-0.15, -0.1) is 0 Å². The highest BCUT2D eigenvalue weighted by atomic mass is 19.1. The number of nitrogens with zero attached hydrogens (tertiary/aromatic N) is 1. The van der Waals surface area contributed by atoms with E-state index >= 15 is 0 Å². The van der Waals surface area contributed by atoms with E-state index in [9.17, 15) is 9.18 Å². The molecule has 0 radical (unpaired) electrons. The van der Waals surface area contributed by atoms with Gasteiger partial charge < -0.3 is 25.0 Å². The highest BCUT2D eigenvalue weighted by molar-refractivity contribution is 5.94. The monoisotopic (exact) mass is 335 g/mol. The lowest BCUT2D eigenvalue weighted by Gasteiger charge is -2.38. The van der Waals surface area contributed by atoms with Crippen LogP contribution in [0.1, 0.15) is 16.8 Å². The summed E-state index contributed by atoms with van der Waals surface area (Å²) in [5.41, 5.74) is 0.763. The van der Waals surface area contributed by atoms with Crippen molar-refractivity contribution in [2.75, 3.05) is 50.9 Å². The Morgan fingerprint density at radius 2 is 2.12 bits per heavy atom. The SMILES string of the molecule is O=C(NC1COC2(CNC2)C1)c1ccc(N2CCOCC2)c(F)c1. The summed E-state index contributed by atoms with van der Waals surface area (Å²) < 4.78 is 25.5. The highest BCUT2D eigenvalue weighted by Gasteiger charge is 2.45. The summed E-state index contributed by atoms with van der Waals surface area (Å²) in [6.45, 7) is 4.71. The fourth-order valence-corrected chi connectivity index (χ4v) is 3.56. The summed E-state index contributed by atoms with van der Waals surface area (Å²) in [4.78, 5) is 14.3. The van der Waals surface area contributed by atoms with Crippen LogP contribution in [0.15, 0.2) is 18.2 Å². The number of carbonyl (C=O) groups is 1. The Hall–Kier alpha value is -1.70. The maximum Gasteiger partial charge on any atom is 0.251 e. The molecule has 3 aliphatic heterocycles. The molecule has 0 saturated carbocycles. The maximum atomic E-state index is 14.4. The Kier molecular flexibility index (Phi) is 4.15. The van der Waals surface area contributed by atoms with E-state index in [1.54, 1.807) is 12.1 Å². The summed E-state index contributed by atoms with van der Waals surface area (Å²) in [6, 6.07) is 4.66. The van der Waals surface area contributed by atoms with Crippen LogP contribution < -0.4 is 15.5 Å². The van der Waals surface area contributed by atoms with E-state index in [1.807, 2.05) is 4.90 Å². The van der Waals surface area contributed by atoms with Gasteiger partial charge in [-0.2, -0.15) is 0 Å². The molecule has 6 nitrogen and oxygen atoms in total. The zero-order chi connectivity index (χ0) is 16.6. The molecule has 7 heteroatoms. The van der Waals surface area contributed by atoms with Crippen molar-refractivity contribution in [3.8, 4) is 0 Å². The lowest BCUT2D eigenvalue weighted by Crippen LogP contribution is -2.59. The summed E-state index contributed by atoms with van der Waals surface area (Å²) in [6.07, 6.45) is 0.806. The Morgan fingerprint density at radius 1 is 1.33 bits per heavy atom. The molecule has 24 heavy (non-hydrogen) atoms. The molecule has 0 bridgehead atoms. The second-order valence-corrected chi connectivity index (χ2v) is 6.74. The minimum atomic E-state index is -0.369. The van der Waals surface area contributed by atoms with Crippen LogP contribution in [-0.2, 0) is 9.47 Å². The zero-order valence-corrected chi connectivity index (χ0v) is 13.5. The van der Waals surface area contributed by atoms with Crippen molar-refractivity contribution in [1.82, 2.24) is 10.6 Å². The smallest absolute Gasteiger partial charge is 0.251 e. The van der Waals surface area contributed by atoms with Crippen molar-refractivity contribution in [3.63, 3.8) is 0 Å². The van der Waals surface area contributed by atoms with E-state index in [0.29, 0.717) is 44.2 Å². The molecule has 2 N–H and O–H groups in total. The topological polar surface area (TPSA) is 62.8 Å². The standard InChI is InChI=1S/C17H22FN3O3/c18-14-7-12(1-2-15(14)21-3-5-23-6-4-21)16(22)20-13-8-17(24-9-13)10-19-11-17/h1-2,7,13,19H,3-6,8-11H2,(H,20,22). The minimum Gasteiger partial charge on any atom is -0.378 e. The van der Waals surface area contributed by atoms with E-state index in [4.69, 9.17) is 9.47 Å². The number of anilines is 1. The van der Waals surface area contributed by atoms with E-state index in [2.05, 4.69) is 10.6 Å². The van der Waals surface area contributed by atoms with Gasteiger partial charge >= 0.3 is 0 Å². The van der Waals surface area contributed by atoms with Gasteiger partial charge in [-0.05, 0) is 18.2 Å². The molecule has 1 spiro atoms. The van der Waals surface area contributed by atoms with Crippen LogP contribution in [0.3, 0.4) is 0 Å². The number of benzene rings is 1. The molecule has 1 aromatic carbocycles. The summed E-state index contributed by atoms with van der Waals surface area (Å²) in [5, 5.41) is 6.15. The Balaban J connectivity index is 1.40. The molecule has 1 atom stereocenters. The van der Waals surface area contributed by atoms with Gasteiger partial charge in [-0.1, -0.05) is 0 Å². The molecule has 1 aromatic rings. The summed E-state index contributed by atoms with van der Waals surface area (Å²) in [5.74, 6) is -0.618. The van der Waals surface area contributed by atoms with Crippen LogP contribution in [0.2, 0.25) is 0 Å². The Morgan fingerprint density at radius 3 is 2.75 bits per heavy atom. The first-order valence-electron chi connectivity index (χ1n) is 8.43. The number of amides is 1. The first-order chi connectivity index (χ1) is 11.7. The molecule has 1 amide bonds. The number of nitrogens with one attached hydrogen (secondary N) is 2. The second kappa shape index (κ2) is 6.31. The molecule has 0 aromatic heterocycles. The molecular formula is C17H22FN3O3. The lowest BCUT2D eigenvalue weighted by atomic mass is 9.92. The second-order valence-electron chi connectivity index (χ2n) is 6.74. The quantitative estimate of drug-likeness (QED) is 0.843. The van der Waals surface area contributed by atoms with Crippen LogP contribution in [0.25, 0.3) is 0 Å². The van der Waals surface area contributed by atoms with Crippen molar-refractivity contribution >= 4 is 11.6 Å². The van der Waals surface area contributed by atoms with Crippen molar-refractivity contribution < 1.29 is 18.7 Å². The molecule has 3 heterocycles.